The maximum atomic E-state index is 12.7. The standard InChI is InChI=1S/C18H25F3N4O2/c1-17(2,3)27-16(26)24-13-6-4-5-11(9-13)15(23)25-8-7-12(10-14(25)22)18(19,20)21/h7-8,10-11,13,22-23H,4-6,9H2,1-3H3,(H,24,26)/t11-,13+/m0/s1. The summed E-state index contributed by atoms with van der Waals surface area (Å²) in [4.78, 5) is 11.9. The minimum absolute atomic E-state index is 0.0596. The van der Waals surface area contributed by atoms with E-state index in [4.69, 9.17) is 15.6 Å². The smallest absolute Gasteiger partial charge is 0.416 e. The first-order valence-corrected chi connectivity index (χ1v) is 8.79. The van der Waals surface area contributed by atoms with E-state index in [0.29, 0.717) is 18.9 Å². The molecule has 1 fully saturated rings. The fraction of sp³-hybridized carbons (Fsp3) is 0.611. The summed E-state index contributed by atoms with van der Waals surface area (Å²) in [6, 6.07) is 1.41. The van der Waals surface area contributed by atoms with Crippen LogP contribution in [0.3, 0.4) is 0 Å². The molecule has 9 heteroatoms. The van der Waals surface area contributed by atoms with E-state index >= 15 is 0 Å². The Morgan fingerprint density at radius 1 is 1.30 bits per heavy atom. The summed E-state index contributed by atoms with van der Waals surface area (Å²) < 4.78 is 44.6. The summed E-state index contributed by atoms with van der Waals surface area (Å²) in [6.07, 6.45) is -1.27. The van der Waals surface area contributed by atoms with Crippen LogP contribution in [0.2, 0.25) is 0 Å². The lowest BCUT2D eigenvalue weighted by Crippen LogP contribution is -2.44. The van der Waals surface area contributed by atoms with Crippen molar-refractivity contribution in [3.8, 4) is 0 Å². The van der Waals surface area contributed by atoms with Crippen LogP contribution in [0.1, 0.15) is 52.0 Å². The Bertz CT molecular complexity index is 765. The van der Waals surface area contributed by atoms with Crippen LogP contribution in [-0.2, 0) is 10.9 Å². The molecule has 1 saturated carbocycles. The quantitative estimate of drug-likeness (QED) is 0.531. The van der Waals surface area contributed by atoms with Gasteiger partial charge in [0.25, 0.3) is 0 Å². The number of halogens is 3. The number of carbonyl (C=O) groups is 1. The van der Waals surface area contributed by atoms with E-state index < -0.39 is 28.9 Å². The molecule has 1 aliphatic rings. The molecule has 0 unspecified atom stereocenters. The van der Waals surface area contributed by atoms with E-state index in [0.717, 1.165) is 29.7 Å². The lowest BCUT2D eigenvalue weighted by Gasteiger charge is -2.31. The number of pyridine rings is 1. The zero-order valence-electron chi connectivity index (χ0n) is 15.6. The number of nitrogens with one attached hydrogen (secondary N) is 3. The molecule has 2 rings (SSSR count). The molecule has 0 aliphatic heterocycles. The second-order valence-electron chi connectivity index (χ2n) is 7.76. The van der Waals surface area contributed by atoms with Gasteiger partial charge in [0.05, 0.1) is 5.56 Å². The van der Waals surface area contributed by atoms with E-state index in [2.05, 4.69) is 5.32 Å². The lowest BCUT2D eigenvalue weighted by atomic mass is 9.84. The van der Waals surface area contributed by atoms with Crippen molar-refractivity contribution in [2.45, 2.75) is 64.3 Å². The van der Waals surface area contributed by atoms with Crippen LogP contribution in [0.15, 0.2) is 18.3 Å². The van der Waals surface area contributed by atoms with Crippen molar-refractivity contribution in [2.24, 2.45) is 5.92 Å². The van der Waals surface area contributed by atoms with Crippen LogP contribution >= 0.6 is 0 Å². The molecule has 0 spiro atoms. The zero-order chi connectivity index (χ0) is 20.4. The van der Waals surface area contributed by atoms with Crippen molar-refractivity contribution in [3.63, 3.8) is 0 Å². The monoisotopic (exact) mass is 386 g/mol. The highest BCUT2D eigenvalue weighted by Gasteiger charge is 2.32. The number of nitrogens with zero attached hydrogens (tertiary/aromatic N) is 1. The van der Waals surface area contributed by atoms with E-state index in [-0.39, 0.29) is 17.8 Å². The molecule has 0 saturated heterocycles. The summed E-state index contributed by atoms with van der Waals surface area (Å²) in [5.74, 6) is -0.200. The summed E-state index contributed by atoms with van der Waals surface area (Å²) >= 11 is 0. The lowest BCUT2D eigenvalue weighted by molar-refractivity contribution is -0.137. The summed E-state index contributed by atoms with van der Waals surface area (Å²) in [7, 11) is 0. The zero-order valence-corrected chi connectivity index (χ0v) is 15.6. The number of aromatic nitrogens is 1. The van der Waals surface area contributed by atoms with Crippen molar-refractivity contribution in [2.75, 3.05) is 0 Å². The van der Waals surface area contributed by atoms with Gasteiger partial charge in [0, 0.05) is 18.2 Å². The number of carbonyl (C=O) groups excluding carboxylic acids is 1. The second kappa shape index (κ2) is 7.74. The highest BCUT2D eigenvalue weighted by molar-refractivity contribution is 5.84. The second-order valence-corrected chi connectivity index (χ2v) is 7.76. The molecule has 6 nitrogen and oxygen atoms in total. The predicted octanol–water partition coefficient (Wildman–Crippen LogP) is 3.90. The van der Waals surface area contributed by atoms with Crippen LogP contribution in [0.4, 0.5) is 18.0 Å². The first kappa shape index (κ1) is 21.0. The Balaban J connectivity index is 2.06. The number of alkyl carbamates (subject to hydrolysis) is 1. The molecule has 0 radical (unpaired) electrons. The third-order valence-corrected chi connectivity index (χ3v) is 4.32. The van der Waals surface area contributed by atoms with Gasteiger partial charge in [-0.2, -0.15) is 13.2 Å². The van der Waals surface area contributed by atoms with Crippen molar-refractivity contribution >= 4 is 11.9 Å². The van der Waals surface area contributed by atoms with Gasteiger partial charge in [-0.3, -0.25) is 15.4 Å². The van der Waals surface area contributed by atoms with Gasteiger partial charge in [0.2, 0.25) is 0 Å². The number of hydrogen-bond donors (Lipinski definition) is 3. The van der Waals surface area contributed by atoms with E-state index in [1.165, 1.54) is 0 Å². The molecule has 150 valence electrons. The summed E-state index contributed by atoms with van der Waals surface area (Å²) in [5, 5.41) is 19.0. The predicted molar refractivity (Wildman–Crippen MR) is 93.5 cm³/mol. The van der Waals surface area contributed by atoms with Crippen LogP contribution in [-0.4, -0.2) is 28.1 Å². The molecular weight excluding hydrogens is 361 g/mol. The van der Waals surface area contributed by atoms with Gasteiger partial charge in [-0.15, -0.1) is 0 Å². The molecule has 0 bridgehead atoms. The molecule has 2 atom stereocenters. The molecule has 0 aromatic carbocycles. The first-order valence-electron chi connectivity index (χ1n) is 8.79. The van der Waals surface area contributed by atoms with Gasteiger partial charge in [0.15, 0.2) is 0 Å². The largest absolute Gasteiger partial charge is 0.444 e. The van der Waals surface area contributed by atoms with Gasteiger partial charge < -0.3 is 10.1 Å². The normalized spacial score (nSPS) is 20.8. The fourth-order valence-electron chi connectivity index (χ4n) is 3.13. The van der Waals surface area contributed by atoms with Gasteiger partial charge in [-0.1, -0.05) is 6.42 Å². The van der Waals surface area contributed by atoms with Gasteiger partial charge >= 0.3 is 12.3 Å². The summed E-state index contributed by atoms with van der Waals surface area (Å²) in [5.41, 5.74) is -1.91. The van der Waals surface area contributed by atoms with Crippen molar-refractivity contribution < 1.29 is 22.7 Å². The molecule has 1 aromatic rings. The van der Waals surface area contributed by atoms with Crippen molar-refractivity contribution in [1.82, 2.24) is 9.88 Å². The number of ether oxygens (including phenoxy) is 1. The van der Waals surface area contributed by atoms with Crippen molar-refractivity contribution in [1.29, 1.82) is 10.8 Å². The van der Waals surface area contributed by atoms with Crippen LogP contribution in [0.25, 0.3) is 0 Å². The van der Waals surface area contributed by atoms with Crippen LogP contribution < -0.4 is 10.8 Å². The fourth-order valence-corrected chi connectivity index (χ4v) is 3.13. The Morgan fingerprint density at radius 3 is 2.52 bits per heavy atom. The highest BCUT2D eigenvalue weighted by Crippen LogP contribution is 2.29. The average Bonchev–Trinajstić information content (AvgIpc) is 2.51. The molecular formula is C18H25F3N4O2. The molecule has 27 heavy (non-hydrogen) atoms. The molecule has 1 aliphatic carbocycles. The minimum atomic E-state index is -4.52. The Kier molecular flexibility index (Phi) is 6.01. The van der Waals surface area contributed by atoms with Crippen LogP contribution in [0.5, 0.6) is 0 Å². The van der Waals surface area contributed by atoms with Crippen molar-refractivity contribution in [3.05, 3.63) is 29.4 Å². The number of amides is 1. The number of alkyl halides is 3. The minimum Gasteiger partial charge on any atom is -0.444 e. The first-order chi connectivity index (χ1) is 12.4. The Hall–Kier alpha value is -2.32. The van der Waals surface area contributed by atoms with E-state index in [9.17, 15) is 18.0 Å². The molecule has 1 amide bonds. The molecule has 1 aromatic heterocycles. The maximum Gasteiger partial charge on any atom is 0.416 e. The maximum absolute atomic E-state index is 12.7. The average molecular weight is 386 g/mol. The summed E-state index contributed by atoms with van der Waals surface area (Å²) in [6.45, 7) is 5.30. The number of hydrogen-bond acceptors (Lipinski definition) is 4. The SMILES string of the molecule is CC(C)(C)OC(=O)N[C@@H]1CCC[C@H](C(=N)n2ccc(C(F)(F)F)cc2=N)C1. The topological polar surface area (TPSA) is 91.0 Å². The molecule has 1 heterocycles. The molecule has 3 N–H and O–H groups in total. The Labute approximate surface area is 155 Å². The van der Waals surface area contributed by atoms with E-state index in [1.54, 1.807) is 20.8 Å². The van der Waals surface area contributed by atoms with Gasteiger partial charge in [-0.25, -0.2) is 4.79 Å². The van der Waals surface area contributed by atoms with Crippen LogP contribution in [0, 0.1) is 16.7 Å². The van der Waals surface area contributed by atoms with E-state index in [1.807, 2.05) is 0 Å². The third kappa shape index (κ3) is 5.83. The Morgan fingerprint density at radius 2 is 1.96 bits per heavy atom. The van der Waals surface area contributed by atoms with Gasteiger partial charge in [-0.05, 0) is 52.2 Å². The van der Waals surface area contributed by atoms with Gasteiger partial charge in [0.1, 0.15) is 16.9 Å². The highest BCUT2D eigenvalue weighted by atomic mass is 19.4. The third-order valence-electron chi connectivity index (χ3n) is 4.32. The number of rotatable bonds is 2.